The van der Waals surface area contributed by atoms with Crippen LogP contribution < -0.4 is 5.32 Å². The van der Waals surface area contributed by atoms with Gasteiger partial charge in [0.1, 0.15) is 0 Å². The predicted octanol–water partition coefficient (Wildman–Crippen LogP) is 2.45. The molecule has 0 amide bonds. The number of halogens is 1. The van der Waals surface area contributed by atoms with E-state index in [1.807, 2.05) is 12.3 Å². The normalized spacial score (nSPS) is 20.2. The van der Waals surface area contributed by atoms with Crippen LogP contribution in [0.5, 0.6) is 0 Å². The fourth-order valence-corrected chi connectivity index (χ4v) is 2.56. The van der Waals surface area contributed by atoms with Crippen LogP contribution >= 0.6 is 12.4 Å². The van der Waals surface area contributed by atoms with Crippen molar-refractivity contribution in [1.82, 2.24) is 15.2 Å². The molecular formula is C15H20ClN3. The van der Waals surface area contributed by atoms with Crippen LogP contribution in [0.1, 0.15) is 12.5 Å². The molecule has 3 nitrogen and oxygen atoms in total. The second-order valence-corrected chi connectivity index (χ2v) is 5.06. The summed E-state index contributed by atoms with van der Waals surface area (Å²) >= 11 is 0. The molecule has 0 radical (unpaired) electrons. The summed E-state index contributed by atoms with van der Waals surface area (Å²) in [6.45, 7) is 6.57. The molecule has 19 heavy (non-hydrogen) atoms. The van der Waals surface area contributed by atoms with Crippen LogP contribution in [0.4, 0.5) is 0 Å². The number of rotatable bonds is 2. The molecule has 1 fully saturated rings. The molecule has 4 heteroatoms. The SMILES string of the molecule is C[C@@H]1CNCCN1Cc1cnc2ccccc2c1.Cl. The van der Waals surface area contributed by atoms with Crippen LogP contribution in [-0.2, 0) is 6.54 Å². The van der Waals surface area contributed by atoms with Crippen molar-refractivity contribution in [2.24, 2.45) is 0 Å². The maximum Gasteiger partial charge on any atom is 0.0702 e. The van der Waals surface area contributed by atoms with Gasteiger partial charge in [0.15, 0.2) is 0 Å². The van der Waals surface area contributed by atoms with E-state index in [-0.39, 0.29) is 12.4 Å². The fourth-order valence-electron chi connectivity index (χ4n) is 2.56. The minimum absolute atomic E-state index is 0. The Morgan fingerprint density at radius 2 is 2.21 bits per heavy atom. The second kappa shape index (κ2) is 6.33. The van der Waals surface area contributed by atoms with Crippen molar-refractivity contribution < 1.29 is 0 Å². The Labute approximate surface area is 120 Å². The summed E-state index contributed by atoms with van der Waals surface area (Å²) in [6.07, 6.45) is 2.01. The number of nitrogens with one attached hydrogen (secondary N) is 1. The minimum Gasteiger partial charge on any atom is -0.314 e. The van der Waals surface area contributed by atoms with Crippen LogP contribution in [0, 0.1) is 0 Å². The molecule has 0 saturated carbocycles. The number of hydrogen-bond donors (Lipinski definition) is 1. The van der Waals surface area contributed by atoms with Crippen molar-refractivity contribution >= 4 is 23.3 Å². The van der Waals surface area contributed by atoms with E-state index >= 15 is 0 Å². The van der Waals surface area contributed by atoms with E-state index in [4.69, 9.17) is 0 Å². The monoisotopic (exact) mass is 277 g/mol. The average molecular weight is 278 g/mol. The van der Waals surface area contributed by atoms with Crippen molar-refractivity contribution in [2.45, 2.75) is 19.5 Å². The molecule has 1 aliphatic heterocycles. The zero-order chi connectivity index (χ0) is 12.4. The lowest BCUT2D eigenvalue weighted by Gasteiger charge is -2.33. The molecule has 0 aliphatic carbocycles. The number of pyridine rings is 1. The number of benzene rings is 1. The maximum absolute atomic E-state index is 4.53. The summed E-state index contributed by atoms with van der Waals surface area (Å²) in [6, 6.07) is 11.2. The second-order valence-electron chi connectivity index (χ2n) is 5.06. The molecular weight excluding hydrogens is 258 g/mol. The minimum atomic E-state index is 0. The van der Waals surface area contributed by atoms with Crippen LogP contribution in [0.25, 0.3) is 10.9 Å². The molecule has 1 atom stereocenters. The number of hydrogen-bond acceptors (Lipinski definition) is 3. The maximum atomic E-state index is 4.53. The summed E-state index contributed by atoms with van der Waals surface area (Å²) in [5.74, 6) is 0. The van der Waals surface area contributed by atoms with Gasteiger partial charge in [-0.1, -0.05) is 18.2 Å². The molecule has 0 spiro atoms. The number of aromatic nitrogens is 1. The van der Waals surface area contributed by atoms with Gasteiger partial charge in [0, 0.05) is 43.8 Å². The summed E-state index contributed by atoms with van der Waals surface area (Å²) in [4.78, 5) is 7.05. The smallest absolute Gasteiger partial charge is 0.0702 e. The summed E-state index contributed by atoms with van der Waals surface area (Å²) in [5.41, 5.74) is 2.39. The Bertz CT molecular complexity index is 544. The number of piperazine rings is 1. The van der Waals surface area contributed by atoms with E-state index in [1.165, 1.54) is 10.9 Å². The van der Waals surface area contributed by atoms with Gasteiger partial charge < -0.3 is 5.32 Å². The highest BCUT2D eigenvalue weighted by atomic mass is 35.5. The topological polar surface area (TPSA) is 28.2 Å². The van der Waals surface area contributed by atoms with Gasteiger partial charge in [-0.15, -0.1) is 12.4 Å². The van der Waals surface area contributed by atoms with Gasteiger partial charge in [0.25, 0.3) is 0 Å². The number of para-hydroxylation sites is 1. The summed E-state index contributed by atoms with van der Waals surface area (Å²) in [7, 11) is 0. The van der Waals surface area contributed by atoms with E-state index in [2.05, 4.69) is 46.4 Å². The first-order valence-corrected chi connectivity index (χ1v) is 6.61. The molecule has 102 valence electrons. The molecule has 1 aromatic carbocycles. The lowest BCUT2D eigenvalue weighted by molar-refractivity contribution is 0.165. The molecule has 1 N–H and O–H groups in total. The quantitative estimate of drug-likeness (QED) is 0.914. The van der Waals surface area contributed by atoms with Crippen molar-refractivity contribution in [3.05, 3.63) is 42.1 Å². The first-order valence-electron chi connectivity index (χ1n) is 6.61. The lowest BCUT2D eigenvalue weighted by atomic mass is 10.1. The highest BCUT2D eigenvalue weighted by Crippen LogP contribution is 2.15. The van der Waals surface area contributed by atoms with Gasteiger partial charge in [0.2, 0.25) is 0 Å². The Morgan fingerprint density at radius 3 is 3.05 bits per heavy atom. The first kappa shape index (κ1) is 14.3. The van der Waals surface area contributed by atoms with Gasteiger partial charge in [0.05, 0.1) is 5.52 Å². The molecule has 2 heterocycles. The Kier molecular flexibility index (Phi) is 4.75. The van der Waals surface area contributed by atoms with E-state index in [0.717, 1.165) is 31.7 Å². The molecule has 1 saturated heterocycles. The Morgan fingerprint density at radius 1 is 1.37 bits per heavy atom. The van der Waals surface area contributed by atoms with Gasteiger partial charge in [-0.2, -0.15) is 0 Å². The molecule has 1 aromatic heterocycles. The van der Waals surface area contributed by atoms with Gasteiger partial charge in [-0.25, -0.2) is 0 Å². The van der Waals surface area contributed by atoms with Gasteiger partial charge in [-0.3, -0.25) is 9.88 Å². The standard InChI is InChI=1S/C15H19N3.ClH/c1-12-9-16-6-7-18(12)11-13-8-14-4-2-3-5-15(14)17-10-13;/h2-5,8,10,12,16H,6-7,9,11H2,1H3;1H/t12-;/m1./s1. The van der Waals surface area contributed by atoms with Crippen molar-refractivity contribution in [3.8, 4) is 0 Å². The van der Waals surface area contributed by atoms with Crippen LogP contribution in [0.3, 0.4) is 0 Å². The first-order chi connectivity index (χ1) is 8.83. The summed E-state index contributed by atoms with van der Waals surface area (Å²) in [5, 5.41) is 4.66. The highest BCUT2D eigenvalue weighted by molar-refractivity contribution is 5.85. The zero-order valence-corrected chi connectivity index (χ0v) is 12.0. The molecule has 0 unspecified atom stereocenters. The van der Waals surface area contributed by atoms with Crippen molar-refractivity contribution in [2.75, 3.05) is 19.6 Å². The average Bonchev–Trinajstić information content (AvgIpc) is 2.41. The molecule has 2 aromatic rings. The molecule has 0 bridgehead atoms. The van der Waals surface area contributed by atoms with E-state index in [9.17, 15) is 0 Å². The third-order valence-electron chi connectivity index (χ3n) is 3.67. The molecule has 1 aliphatic rings. The number of fused-ring (bicyclic) bond motifs is 1. The van der Waals surface area contributed by atoms with Crippen molar-refractivity contribution in [3.63, 3.8) is 0 Å². The third-order valence-corrected chi connectivity index (χ3v) is 3.67. The van der Waals surface area contributed by atoms with Crippen LogP contribution in [-0.4, -0.2) is 35.6 Å². The fraction of sp³-hybridized carbons (Fsp3) is 0.400. The van der Waals surface area contributed by atoms with E-state index < -0.39 is 0 Å². The van der Waals surface area contributed by atoms with Gasteiger partial charge >= 0.3 is 0 Å². The lowest BCUT2D eigenvalue weighted by Crippen LogP contribution is -2.49. The Balaban J connectivity index is 0.00000133. The van der Waals surface area contributed by atoms with Crippen LogP contribution in [0.2, 0.25) is 0 Å². The van der Waals surface area contributed by atoms with E-state index in [0.29, 0.717) is 6.04 Å². The largest absolute Gasteiger partial charge is 0.314 e. The Hall–Kier alpha value is -1.16. The predicted molar refractivity (Wildman–Crippen MR) is 81.7 cm³/mol. The third kappa shape index (κ3) is 3.24. The van der Waals surface area contributed by atoms with Gasteiger partial charge in [-0.05, 0) is 24.6 Å². The highest BCUT2D eigenvalue weighted by Gasteiger charge is 2.17. The van der Waals surface area contributed by atoms with E-state index in [1.54, 1.807) is 0 Å². The summed E-state index contributed by atoms with van der Waals surface area (Å²) < 4.78 is 0. The molecule has 3 rings (SSSR count). The van der Waals surface area contributed by atoms with Crippen LogP contribution in [0.15, 0.2) is 36.5 Å². The zero-order valence-electron chi connectivity index (χ0n) is 11.2. The van der Waals surface area contributed by atoms with Crippen molar-refractivity contribution in [1.29, 1.82) is 0 Å². The number of nitrogens with zero attached hydrogens (tertiary/aromatic N) is 2.